The molecular weight excluding hydrogens is 98.1 g/mol. The normalized spacial score (nSPS) is 27.0. The Labute approximate surface area is 49.8 Å². The molecule has 0 radical (unpaired) electrons. The van der Waals surface area contributed by atoms with Gasteiger partial charge in [-0.25, -0.2) is 0 Å². The van der Waals surface area contributed by atoms with Crippen molar-refractivity contribution in [2.24, 2.45) is 4.99 Å². The van der Waals surface area contributed by atoms with Crippen molar-refractivity contribution < 1.29 is 0 Å². The molecule has 0 spiro atoms. The number of terminal acetylenes is 1. The van der Waals surface area contributed by atoms with Gasteiger partial charge in [0.05, 0.1) is 0 Å². The molecule has 0 bridgehead atoms. The van der Waals surface area contributed by atoms with Gasteiger partial charge in [0.25, 0.3) is 0 Å². The van der Waals surface area contributed by atoms with E-state index < -0.39 is 0 Å². The van der Waals surface area contributed by atoms with Gasteiger partial charge < -0.3 is 0 Å². The van der Waals surface area contributed by atoms with Gasteiger partial charge in [0, 0.05) is 5.71 Å². The number of nitrogens with zero attached hydrogens (tertiary/aromatic N) is 1. The smallest absolute Gasteiger partial charge is 0.110 e. The van der Waals surface area contributed by atoms with Gasteiger partial charge in [0.15, 0.2) is 0 Å². The van der Waals surface area contributed by atoms with E-state index in [9.17, 15) is 0 Å². The molecule has 0 unspecified atom stereocenters. The molecule has 0 saturated heterocycles. The van der Waals surface area contributed by atoms with E-state index in [0.717, 1.165) is 12.8 Å². The molecule has 0 aromatic rings. The molecular formula is C7H9N. The Balaban J connectivity index is 2.57. The second kappa shape index (κ2) is 2.00. The predicted octanol–water partition coefficient (Wildman–Crippen LogP) is 1.24. The Morgan fingerprint density at radius 1 is 1.88 bits per heavy atom. The summed E-state index contributed by atoms with van der Waals surface area (Å²) < 4.78 is 0. The standard InChI is InChI=1S/C7H9N/c1-3-7-5-4-6(2)8-7/h1,7H,4-5H2,2H3/t7-/m1/s1. The molecule has 1 nitrogen and oxygen atoms in total. The molecule has 1 atom stereocenters. The van der Waals surface area contributed by atoms with Crippen molar-refractivity contribution in [3.63, 3.8) is 0 Å². The number of aliphatic imine (C=N–C) groups is 1. The highest BCUT2D eigenvalue weighted by Crippen LogP contribution is 2.10. The van der Waals surface area contributed by atoms with Crippen molar-refractivity contribution in [1.82, 2.24) is 0 Å². The molecule has 0 fully saturated rings. The second-order valence-corrected chi connectivity index (χ2v) is 2.09. The first-order valence-corrected chi connectivity index (χ1v) is 2.82. The lowest BCUT2D eigenvalue weighted by Crippen LogP contribution is -1.90. The predicted molar refractivity (Wildman–Crippen MR) is 35.0 cm³/mol. The second-order valence-electron chi connectivity index (χ2n) is 2.09. The van der Waals surface area contributed by atoms with Gasteiger partial charge in [-0.15, -0.1) is 6.42 Å². The fourth-order valence-electron chi connectivity index (χ4n) is 0.861. The third-order valence-corrected chi connectivity index (χ3v) is 1.35. The topological polar surface area (TPSA) is 12.4 Å². The molecule has 8 heavy (non-hydrogen) atoms. The zero-order chi connectivity index (χ0) is 5.98. The van der Waals surface area contributed by atoms with E-state index in [4.69, 9.17) is 6.42 Å². The molecule has 0 N–H and O–H groups in total. The molecule has 1 heterocycles. The summed E-state index contributed by atoms with van der Waals surface area (Å²) in [6, 6.07) is 0.190. The van der Waals surface area contributed by atoms with Crippen LogP contribution in [0.1, 0.15) is 19.8 Å². The summed E-state index contributed by atoms with van der Waals surface area (Å²) in [5, 5.41) is 0. The molecule has 1 heteroatoms. The Hall–Kier alpha value is -0.770. The van der Waals surface area contributed by atoms with Gasteiger partial charge in [0.1, 0.15) is 6.04 Å². The largest absolute Gasteiger partial charge is 0.278 e. The third-order valence-electron chi connectivity index (χ3n) is 1.35. The van der Waals surface area contributed by atoms with Gasteiger partial charge in [-0.1, -0.05) is 5.92 Å². The quantitative estimate of drug-likeness (QED) is 0.413. The van der Waals surface area contributed by atoms with Crippen molar-refractivity contribution in [3.05, 3.63) is 0 Å². The van der Waals surface area contributed by atoms with E-state index >= 15 is 0 Å². The van der Waals surface area contributed by atoms with E-state index in [1.54, 1.807) is 0 Å². The van der Waals surface area contributed by atoms with Gasteiger partial charge in [-0.05, 0) is 19.8 Å². The SMILES string of the molecule is C#C[C@@H]1CCC(C)=N1. The zero-order valence-corrected chi connectivity index (χ0v) is 5.02. The van der Waals surface area contributed by atoms with Gasteiger partial charge in [-0.3, -0.25) is 4.99 Å². The lowest BCUT2D eigenvalue weighted by molar-refractivity contribution is 0.831. The fourth-order valence-corrected chi connectivity index (χ4v) is 0.861. The van der Waals surface area contributed by atoms with Gasteiger partial charge in [0.2, 0.25) is 0 Å². The third kappa shape index (κ3) is 0.894. The lowest BCUT2D eigenvalue weighted by atomic mass is 10.2. The van der Waals surface area contributed by atoms with Crippen LogP contribution in [0.15, 0.2) is 4.99 Å². The highest BCUT2D eigenvalue weighted by atomic mass is 14.8. The summed E-state index contributed by atoms with van der Waals surface area (Å²) in [5.74, 6) is 2.61. The first-order chi connectivity index (χ1) is 3.83. The maximum absolute atomic E-state index is 5.14. The Bertz CT molecular complexity index is 150. The fraction of sp³-hybridized carbons (Fsp3) is 0.571. The van der Waals surface area contributed by atoms with Crippen LogP contribution in [-0.4, -0.2) is 11.8 Å². The van der Waals surface area contributed by atoms with Gasteiger partial charge in [-0.2, -0.15) is 0 Å². The Morgan fingerprint density at radius 2 is 2.62 bits per heavy atom. The number of rotatable bonds is 0. The average molecular weight is 107 g/mol. The van der Waals surface area contributed by atoms with E-state index in [0.29, 0.717) is 0 Å². The first-order valence-electron chi connectivity index (χ1n) is 2.82. The van der Waals surface area contributed by atoms with Crippen LogP contribution in [0, 0.1) is 12.3 Å². The van der Waals surface area contributed by atoms with Crippen LogP contribution in [0.2, 0.25) is 0 Å². The molecule has 0 aromatic carbocycles. The summed E-state index contributed by atoms with van der Waals surface area (Å²) in [4.78, 5) is 4.19. The van der Waals surface area contributed by atoms with Crippen LogP contribution >= 0.6 is 0 Å². The van der Waals surface area contributed by atoms with Crippen LogP contribution in [0.5, 0.6) is 0 Å². The first kappa shape index (κ1) is 5.37. The molecule has 0 saturated carbocycles. The molecule has 1 aliphatic heterocycles. The summed E-state index contributed by atoms with van der Waals surface area (Å²) >= 11 is 0. The van der Waals surface area contributed by atoms with Crippen molar-refractivity contribution in [2.45, 2.75) is 25.8 Å². The van der Waals surface area contributed by atoms with E-state index in [1.807, 2.05) is 6.92 Å². The number of hydrogen-bond acceptors (Lipinski definition) is 1. The zero-order valence-electron chi connectivity index (χ0n) is 5.02. The van der Waals surface area contributed by atoms with Crippen molar-refractivity contribution in [1.29, 1.82) is 0 Å². The van der Waals surface area contributed by atoms with E-state index in [2.05, 4.69) is 10.9 Å². The van der Waals surface area contributed by atoms with Crippen LogP contribution < -0.4 is 0 Å². The van der Waals surface area contributed by atoms with E-state index in [-0.39, 0.29) is 6.04 Å². The van der Waals surface area contributed by atoms with Crippen LogP contribution in [0.25, 0.3) is 0 Å². The molecule has 1 rings (SSSR count). The summed E-state index contributed by atoms with van der Waals surface area (Å²) in [7, 11) is 0. The maximum Gasteiger partial charge on any atom is 0.110 e. The molecule has 42 valence electrons. The van der Waals surface area contributed by atoms with Crippen LogP contribution in [0.4, 0.5) is 0 Å². The minimum absolute atomic E-state index is 0.190. The monoisotopic (exact) mass is 107 g/mol. The average Bonchev–Trinajstić information content (AvgIpc) is 2.14. The van der Waals surface area contributed by atoms with Crippen LogP contribution in [-0.2, 0) is 0 Å². The van der Waals surface area contributed by atoms with Gasteiger partial charge >= 0.3 is 0 Å². The summed E-state index contributed by atoms with van der Waals surface area (Å²) in [6.45, 7) is 2.03. The van der Waals surface area contributed by atoms with Crippen LogP contribution in [0.3, 0.4) is 0 Å². The Kier molecular flexibility index (Phi) is 1.34. The van der Waals surface area contributed by atoms with E-state index in [1.165, 1.54) is 5.71 Å². The summed E-state index contributed by atoms with van der Waals surface area (Å²) in [5.41, 5.74) is 1.20. The molecule has 0 aromatic heterocycles. The number of hydrogen-bond donors (Lipinski definition) is 0. The lowest BCUT2D eigenvalue weighted by Gasteiger charge is -1.88. The van der Waals surface area contributed by atoms with Crippen molar-refractivity contribution >= 4 is 5.71 Å². The highest BCUT2D eigenvalue weighted by molar-refractivity contribution is 5.83. The molecule has 0 aliphatic carbocycles. The Morgan fingerprint density at radius 3 is 2.88 bits per heavy atom. The maximum atomic E-state index is 5.14. The molecule has 1 aliphatic rings. The molecule has 0 amide bonds. The minimum Gasteiger partial charge on any atom is -0.278 e. The highest BCUT2D eigenvalue weighted by Gasteiger charge is 2.09. The minimum atomic E-state index is 0.190. The van der Waals surface area contributed by atoms with Crippen molar-refractivity contribution in [3.8, 4) is 12.3 Å². The summed E-state index contributed by atoms with van der Waals surface area (Å²) in [6.07, 6.45) is 7.29. The van der Waals surface area contributed by atoms with Crippen molar-refractivity contribution in [2.75, 3.05) is 0 Å².